The number of aryl methyl sites for hydroxylation is 1. The van der Waals surface area contributed by atoms with Crippen LogP contribution in [0.2, 0.25) is 0 Å². The molecule has 0 aliphatic carbocycles. The summed E-state index contributed by atoms with van der Waals surface area (Å²) in [5.41, 5.74) is 3.18. The predicted molar refractivity (Wildman–Crippen MR) is 159 cm³/mol. The molecule has 0 atom stereocenters. The SMILES string of the molecule is CCCCCCc1ccc(NC(=O)Oc2cccc(CN(C)CCCOc3ccc4ccc(=O)oc4c3)c2)cc1. The number of nitrogens with one attached hydrogen (secondary N) is 1. The highest BCUT2D eigenvalue weighted by atomic mass is 16.6. The fourth-order valence-electron chi connectivity index (χ4n) is 4.51. The Morgan fingerprint density at radius 2 is 1.70 bits per heavy atom. The van der Waals surface area contributed by atoms with Crippen LogP contribution in [-0.4, -0.2) is 31.2 Å². The summed E-state index contributed by atoms with van der Waals surface area (Å²) in [4.78, 5) is 26.1. The van der Waals surface area contributed by atoms with Crippen molar-refractivity contribution < 1.29 is 18.7 Å². The molecule has 4 aromatic rings. The van der Waals surface area contributed by atoms with Gasteiger partial charge in [-0.05, 0) is 79.9 Å². The van der Waals surface area contributed by atoms with Crippen LogP contribution in [0.1, 0.15) is 50.2 Å². The maximum Gasteiger partial charge on any atom is 0.417 e. The Morgan fingerprint density at radius 1 is 0.875 bits per heavy atom. The summed E-state index contributed by atoms with van der Waals surface area (Å²) in [6, 6.07) is 24.2. The number of ether oxygens (including phenoxy) is 2. The lowest BCUT2D eigenvalue weighted by atomic mass is 10.1. The molecule has 210 valence electrons. The zero-order valence-electron chi connectivity index (χ0n) is 23.4. The standard InChI is InChI=1S/C33H38N2O5/c1-3-4-5-6-9-25-12-16-28(17-13-25)34-33(37)39-30-11-7-10-26(22-30)24-35(2)20-8-21-38-29-18-14-27-15-19-32(36)40-31(27)23-29/h7,10-19,22-23H,3-6,8-9,20-21,24H2,1-2H3,(H,34,37). The molecule has 0 saturated heterocycles. The molecule has 1 amide bonds. The van der Waals surface area contributed by atoms with Crippen LogP contribution in [0.25, 0.3) is 11.0 Å². The first-order valence-electron chi connectivity index (χ1n) is 14.0. The van der Waals surface area contributed by atoms with Crippen LogP contribution in [0.3, 0.4) is 0 Å². The molecule has 0 fully saturated rings. The predicted octanol–water partition coefficient (Wildman–Crippen LogP) is 7.43. The summed E-state index contributed by atoms with van der Waals surface area (Å²) in [6.45, 7) is 4.28. The van der Waals surface area contributed by atoms with Crippen LogP contribution in [0.4, 0.5) is 10.5 Å². The molecule has 0 aliphatic heterocycles. The van der Waals surface area contributed by atoms with Gasteiger partial charge in [-0.2, -0.15) is 0 Å². The van der Waals surface area contributed by atoms with Crippen molar-refractivity contribution in [3.8, 4) is 11.5 Å². The van der Waals surface area contributed by atoms with Gasteiger partial charge in [-0.1, -0.05) is 50.5 Å². The molecule has 0 radical (unpaired) electrons. The van der Waals surface area contributed by atoms with E-state index >= 15 is 0 Å². The van der Waals surface area contributed by atoms with E-state index in [1.165, 1.54) is 37.3 Å². The molecule has 1 N–H and O–H groups in total. The molecule has 0 spiro atoms. The average molecular weight is 543 g/mol. The van der Waals surface area contributed by atoms with E-state index in [1.807, 2.05) is 49.5 Å². The average Bonchev–Trinajstić information content (AvgIpc) is 2.94. The van der Waals surface area contributed by atoms with Crippen molar-refractivity contribution in [2.45, 2.75) is 52.0 Å². The quantitative estimate of drug-likeness (QED) is 0.132. The molecule has 4 rings (SSSR count). The van der Waals surface area contributed by atoms with Crippen molar-refractivity contribution in [2.24, 2.45) is 0 Å². The van der Waals surface area contributed by atoms with Crippen molar-refractivity contribution in [3.63, 3.8) is 0 Å². The third kappa shape index (κ3) is 9.27. The van der Waals surface area contributed by atoms with E-state index in [-0.39, 0.29) is 5.63 Å². The number of unbranched alkanes of at least 4 members (excludes halogenated alkanes) is 3. The summed E-state index contributed by atoms with van der Waals surface area (Å²) in [5.74, 6) is 1.17. The molecule has 0 unspecified atom stereocenters. The fraction of sp³-hybridized carbons (Fsp3) is 0.333. The van der Waals surface area contributed by atoms with E-state index in [9.17, 15) is 9.59 Å². The fourth-order valence-corrected chi connectivity index (χ4v) is 4.51. The van der Waals surface area contributed by atoms with Gasteiger partial charge in [0.25, 0.3) is 0 Å². The highest BCUT2D eigenvalue weighted by Gasteiger charge is 2.08. The molecule has 1 aromatic heterocycles. The third-order valence-corrected chi connectivity index (χ3v) is 6.63. The van der Waals surface area contributed by atoms with Gasteiger partial charge < -0.3 is 18.8 Å². The molecule has 7 heteroatoms. The molecule has 7 nitrogen and oxygen atoms in total. The smallest absolute Gasteiger partial charge is 0.417 e. The van der Waals surface area contributed by atoms with E-state index in [1.54, 1.807) is 18.2 Å². The number of nitrogens with zero attached hydrogens (tertiary/aromatic N) is 1. The Labute approximate surface area is 235 Å². The largest absolute Gasteiger partial charge is 0.493 e. The lowest BCUT2D eigenvalue weighted by molar-refractivity contribution is 0.215. The van der Waals surface area contributed by atoms with Gasteiger partial charge in [-0.3, -0.25) is 5.32 Å². The number of amides is 1. The Kier molecular flexibility index (Phi) is 10.8. The molecular weight excluding hydrogens is 504 g/mol. The van der Waals surface area contributed by atoms with E-state index in [2.05, 4.69) is 29.3 Å². The molecule has 1 heterocycles. The summed E-state index contributed by atoms with van der Waals surface area (Å²) >= 11 is 0. The number of fused-ring (bicyclic) bond motifs is 1. The Hall–Kier alpha value is -4.10. The number of benzene rings is 3. The highest BCUT2D eigenvalue weighted by molar-refractivity contribution is 5.86. The number of carbonyl (C=O) groups is 1. The lowest BCUT2D eigenvalue weighted by Crippen LogP contribution is -2.21. The molecule has 40 heavy (non-hydrogen) atoms. The number of carbonyl (C=O) groups excluding carboxylic acids is 1. The summed E-state index contributed by atoms with van der Waals surface area (Å²) in [7, 11) is 2.04. The first-order chi connectivity index (χ1) is 19.5. The maximum absolute atomic E-state index is 12.4. The normalized spacial score (nSPS) is 11.1. The molecular formula is C33H38N2O5. The Bertz CT molecular complexity index is 1430. The highest BCUT2D eigenvalue weighted by Crippen LogP contribution is 2.20. The second kappa shape index (κ2) is 14.9. The van der Waals surface area contributed by atoms with Crippen molar-refractivity contribution in [1.82, 2.24) is 4.90 Å². The van der Waals surface area contributed by atoms with Gasteiger partial charge in [-0.25, -0.2) is 9.59 Å². The lowest BCUT2D eigenvalue weighted by Gasteiger charge is -2.17. The Balaban J connectivity index is 1.18. The maximum atomic E-state index is 12.4. The summed E-state index contributed by atoms with van der Waals surface area (Å²) in [5, 5.41) is 3.67. The molecule has 0 saturated carbocycles. The first kappa shape index (κ1) is 28.9. The van der Waals surface area contributed by atoms with Crippen LogP contribution in [0, 0.1) is 0 Å². The van der Waals surface area contributed by atoms with Gasteiger partial charge in [0.2, 0.25) is 0 Å². The molecule has 3 aromatic carbocycles. The van der Waals surface area contributed by atoms with Crippen molar-refractivity contribution in [2.75, 3.05) is 25.5 Å². The molecule has 0 bridgehead atoms. The van der Waals surface area contributed by atoms with Crippen LogP contribution in [-0.2, 0) is 13.0 Å². The zero-order valence-corrected chi connectivity index (χ0v) is 23.4. The summed E-state index contributed by atoms with van der Waals surface area (Å²) in [6.07, 6.45) is 6.32. The second-order valence-corrected chi connectivity index (χ2v) is 10.1. The van der Waals surface area contributed by atoms with Gasteiger partial charge in [0.05, 0.1) is 6.61 Å². The monoisotopic (exact) mass is 542 g/mol. The number of rotatable bonds is 14. The minimum Gasteiger partial charge on any atom is -0.493 e. The van der Waals surface area contributed by atoms with Gasteiger partial charge in [0.15, 0.2) is 0 Å². The third-order valence-electron chi connectivity index (χ3n) is 6.63. The van der Waals surface area contributed by atoms with Gasteiger partial charge in [0.1, 0.15) is 17.1 Å². The van der Waals surface area contributed by atoms with Crippen LogP contribution in [0.15, 0.2) is 88.1 Å². The number of hydrogen-bond donors (Lipinski definition) is 1. The van der Waals surface area contributed by atoms with E-state index in [0.717, 1.165) is 30.3 Å². The Morgan fingerprint density at radius 3 is 2.52 bits per heavy atom. The first-order valence-corrected chi connectivity index (χ1v) is 14.0. The van der Waals surface area contributed by atoms with Crippen LogP contribution < -0.4 is 20.4 Å². The van der Waals surface area contributed by atoms with Crippen molar-refractivity contribution >= 4 is 22.7 Å². The minimum absolute atomic E-state index is 0.375. The number of anilines is 1. The van der Waals surface area contributed by atoms with E-state index in [0.29, 0.717) is 35.9 Å². The van der Waals surface area contributed by atoms with Gasteiger partial charge in [0, 0.05) is 36.3 Å². The number of hydrogen-bond acceptors (Lipinski definition) is 6. The van der Waals surface area contributed by atoms with Gasteiger partial charge >= 0.3 is 11.7 Å². The second-order valence-electron chi connectivity index (χ2n) is 10.1. The van der Waals surface area contributed by atoms with E-state index < -0.39 is 6.09 Å². The zero-order chi connectivity index (χ0) is 28.2. The topological polar surface area (TPSA) is 81.0 Å². The molecule has 0 aliphatic rings. The van der Waals surface area contributed by atoms with E-state index in [4.69, 9.17) is 13.9 Å². The van der Waals surface area contributed by atoms with Gasteiger partial charge in [-0.15, -0.1) is 0 Å². The van der Waals surface area contributed by atoms with Crippen molar-refractivity contribution in [1.29, 1.82) is 0 Å². The minimum atomic E-state index is -0.508. The summed E-state index contributed by atoms with van der Waals surface area (Å²) < 4.78 is 16.6. The van der Waals surface area contributed by atoms with Crippen LogP contribution >= 0.6 is 0 Å². The van der Waals surface area contributed by atoms with Crippen LogP contribution in [0.5, 0.6) is 11.5 Å². The van der Waals surface area contributed by atoms with Crippen molar-refractivity contribution in [3.05, 3.63) is 100 Å².